The predicted octanol–water partition coefficient (Wildman–Crippen LogP) is 5.68. The third-order valence-corrected chi connectivity index (χ3v) is 6.57. The van der Waals surface area contributed by atoms with E-state index in [0.717, 1.165) is 17.3 Å². The molecule has 0 atom stereocenters. The maximum absolute atomic E-state index is 12.1. The Labute approximate surface area is 221 Å². The summed E-state index contributed by atoms with van der Waals surface area (Å²) < 4.78 is 18.2. The van der Waals surface area contributed by atoms with Crippen LogP contribution in [-0.2, 0) is 11.3 Å². The zero-order chi connectivity index (χ0) is 27.4. The lowest BCUT2D eigenvalue weighted by molar-refractivity contribution is -0.384. The van der Waals surface area contributed by atoms with E-state index in [-0.39, 0.29) is 22.1 Å². The normalized spacial score (nSPS) is 11.4. The summed E-state index contributed by atoms with van der Waals surface area (Å²) >= 11 is 0.914. The van der Waals surface area contributed by atoms with E-state index in [1.165, 1.54) is 12.1 Å². The zero-order valence-electron chi connectivity index (χ0n) is 21.0. The van der Waals surface area contributed by atoms with Gasteiger partial charge in [-0.05, 0) is 61.5 Å². The number of hydrogen-bond donors (Lipinski definition) is 1. The molecule has 0 unspecified atom stereocenters. The van der Waals surface area contributed by atoms with Gasteiger partial charge in [0.25, 0.3) is 5.69 Å². The first-order chi connectivity index (χ1) is 18.2. The molecular formula is C26H24N4O7S. The number of benzene rings is 2. The van der Waals surface area contributed by atoms with E-state index in [4.69, 9.17) is 13.9 Å². The van der Waals surface area contributed by atoms with Gasteiger partial charge in [-0.1, -0.05) is 6.07 Å². The van der Waals surface area contributed by atoms with Crippen LogP contribution in [0.2, 0.25) is 0 Å². The molecule has 0 saturated heterocycles. The molecule has 0 radical (unpaired) electrons. The van der Waals surface area contributed by atoms with Crippen LogP contribution in [-0.4, -0.2) is 45.0 Å². The van der Waals surface area contributed by atoms with Gasteiger partial charge < -0.3 is 23.6 Å². The van der Waals surface area contributed by atoms with Gasteiger partial charge in [-0.3, -0.25) is 10.1 Å². The van der Waals surface area contributed by atoms with Crippen LogP contribution in [0, 0.1) is 17.0 Å². The van der Waals surface area contributed by atoms with E-state index >= 15 is 0 Å². The van der Waals surface area contributed by atoms with Gasteiger partial charge >= 0.3 is 5.97 Å². The number of nitrogens with zero attached hydrogens (tertiary/aromatic N) is 4. The lowest BCUT2D eigenvalue weighted by Gasteiger charge is -2.10. The van der Waals surface area contributed by atoms with Crippen molar-refractivity contribution in [3.63, 3.8) is 0 Å². The van der Waals surface area contributed by atoms with Gasteiger partial charge in [0.2, 0.25) is 0 Å². The van der Waals surface area contributed by atoms with Gasteiger partial charge in [0.1, 0.15) is 27.9 Å². The van der Waals surface area contributed by atoms with Crippen molar-refractivity contribution in [3.8, 4) is 34.2 Å². The number of rotatable bonds is 10. The molecule has 38 heavy (non-hydrogen) atoms. The summed E-state index contributed by atoms with van der Waals surface area (Å²) in [6.07, 6.45) is 1.35. The van der Waals surface area contributed by atoms with Crippen molar-refractivity contribution in [2.24, 2.45) is 0 Å². The van der Waals surface area contributed by atoms with Gasteiger partial charge in [-0.25, -0.2) is 4.79 Å². The molecule has 11 nitrogen and oxygen atoms in total. The molecule has 12 heteroatoms. The Morgan fingerprint density at radius 3 is 2.45 bits per heavy atom. The van der Waals surface area contributed by atoms with Crippen molar-refractivity contribution in [1.82, 2.24) is 14.8 Å². The van der Waals surface area contributed by atoms with E-state index in [1.54, 1.807) is 68.2 Å². The molecule has 0 aliphatic carbocycles. The Morgan fingerprint density at radius 2 is 1.84 bits per heavy atom. The number of aromatic nitrogens is 3. The fourth-order valence-corrected chi connectivity index (χ4v) is 4.60. The highest BCUT2D eigenvalue weighted by Crippen LogP contribution is 2.35. The number of thioether (sulfide) groups is 1. The lowest BCUT2D eigenvalue weighted by atomic mass is 10.1. The second kappa shape index (κ2) is 11.2. The Bertz CT molecular complexity index is 1520. The van der Waals surface area contributed by atoms with Gasteiger partial charge in [-0.15, -0.1) is 10.2 Å². The van der Waals surface area contributed by atoms with Gasteiger partial charge in [0, 0.05) is 30.3 Å². The fourth-order valence-electron chi connectivity index (χ4n) is 3.74. The minimum Gasteiger partial charge on any atom is -0.497 e. The summed E-state index contributed by atoms with van der Waals surface area (Å²) in [6.45, 7) is 4.12. The van der Waals surface area contributed by atoms with Crippen LogP contribution < -0.4 is 9.47 Å². The summed E-state index contributed by atoms with van der Waals surface area (Å²) in [6, 6.07) is 13.2. The summed E-state index contributed by atoms with van der Waals surface area (Å²) in [4.78, 5) is 23.1. The zero-order valence-corrected chi connectivity index (χ0v) is 21.8. The summed E-state index contributed by atoms with van der Waals surface area (Å²) in [5, 5.41) is 30.2. The largest absolute Gasteiger partial charge is 0.497 e. The molecule has 4 rings (SSSR count). The number of nitro groups is 1. The number of carbonyl (C=O) groups is 1. The Hall–Kier alpha value is -4.58. The highest BCUT2D eigenvalue weighted by molar-refractivity contribution is 8.04. The third-order valence-electron chi connectivity index (χ3n) is 5.57. The predicted molar refractivity (Wildman–Crippen MR) is 141 cm³/mol. The Kier molecular flexibility index (Phi) is 7.82. The number of ether oxygens (including phenoxy) is 2. The second-order valence-electron chi connectivity index (χ2n) is 8.05. The first-order valence-electron chi connectivity index (χ1n) is 11.4. The topological polar surface area (TPSA) is 143 Å². The standard InChI is InChI=1S/C26H24N4O7S/c1-5-29-24(16-11-18(35-3)13-19(12-16)36-4)27-28-26(29)38-23(25(31)32)14-17-7-9-22(37-17)20-8-6-15(2)10-21(20)30(33)34/h6-14H,5H2,1-4H3,(H,31,32)/b23-14-. The van der Waals surface area contributed by atoms with Crippen LogP contribution >= 0.6 is 11.8 Å². The van der Waals surface area contributed by atoms with Gasteiger partial charge in [0.15, 0.2) is 11.0 Å². The van der Waals surface area contributed by atoms with Crippen molar-refractivity contribution < 1.29 is 28.7 Å². The molecule has 0 saturated carbocycles. The van der Waals surface area contributed by atoms with E-state index in [0.29, 0.717) is 40.2 Å². The van der Waals surface area contributed by atoms with Crippen molar-refractivity contribution in [2.45, 2.75) is 25.5 Å². The molecule has 2 heterocycles. The molecule has 0 aliphatic rings. The van der Waals surface area contributed by atoms with Gasteiger partial charge in [-0.2, -0.15) is 0 Å². The fraction of sp³-hybridized carbons (Fsp3) is 0.192. The lowest BCUT2D eigenvalue weighted by Crippen LogP contribution is -2.03. The van der Waals surface area contributed by atoms with E-state index < -0.39 is 10.9 Å². The van der Waals surface area contributed by atoms with Crippen LogP contribution in [0.5, 0.6) is 11.5 Å². The molecule has 0 bridgehead atoms. The molecule has 0 fully saturated rings. The summed E-state index contributed by atoms with van der Waals surface area (Å²) in [5.41, 5.74) is 1.64. The third kappa shape index (κ3) is 5.54. The molecule has 4 aromatic rings. The maximum Gasteiger partial charge on any atom is 0.342 e. The van der Waals surface area contributed by atoms with E-state index in [9.17, 15) is 20.0 Å². The van der Waals surface area contributed by atoms with Crippen molar-refractivity contribution >= 4 is 29.5 Å². The number of methoxy groups -OCH3 is 2. The number of aliphatic carboxylic acids is 1. The molecular weight excluding hydrogens is 512 g/mol. The van der Waals surface area contributed by atoms with Crippen molar-refractivity contribution in [3.05, 3.63) is 74.9 Å². The van der Waals surface area contributed by atoms with Crippen LogP contribution in [0.15, 0.2) is 63.0 Å². The molecule has 2 aromatic heterocycles. The second-order valence-corrected chi connectivity index (χ2v) is 9.06. The molecule has 0 spiro atoms. The highest BCUT2D eigenvalue weighted by atomic mass is 32.2. The first kappa shape index (κ1) is 26.5. The molecule has 1 N–H and O–H groups in total. The molecule has 196 valence electrons. The molecule has 0 aliphatic heterocycles. The number of hydrogen-bond acceptors (Lipinski definition) is 9. The minimum atomic E-state index is -1.19. The van der Waals surface area contributed by atoms with E-state index in [2.05, 4.69) is 10.2 Å². The van der Waals surface area contributed by atoms with Crippen LogP contribution in [0.25, 0.3) is 28.8 Å². The number of furan rings is 1. The molecule has 2 aromatic carbocycles. The minimum absolute atomic E-state index is 0.0684. The smallest absolute Gasteiger partial charge is 0.342 e. The number of nitro benzene ring substituents is 1. The monoisotopic (exact) mass is 536 g/mol. The first-order valence-corrected chi connectivity index (χ1v) is 12.2. The number of aryl methyl sites for hydroxylation is 1. The maximum atomic E-state index is 12.1. The van der Waals surface area contributed by atoms with Crippen molar-refractivity contribution in [1.29, 1.82) is 0 Å². The van der Waals surface area contributed by atoms with Crippen LogP contribution in [0.1, 0.15) is 18.2 Å². The quantitative estimate of drug-likeness (QED) is 0.116. The summed E-state index contributed by atoms with van der Waals surface area (Å²) in [7, 11) is 3.09. The summed E-state index contributed by atoms with van der Waals surface area (Å²) in [5.74, 6) is 0.956. The highest BCUT2D eigenvalue weighted by Gasteiger charge is 2.21. The van der Waals surface area contributed by atoms with E-state index in [1.807, 2.05) is 6.92 Å². The number of carboxylic acids is 1. The van der Waals surface area contributed by atoms with Crippen LogP contribution in [0.3, 0.4) is 0 Å². The average molecular weight is 537 g/mol. The van der Waals surface area contributed by atoms with Crippen LogP contribution in [0.4, 0.5) is 5.69 Å². The Balaban J connectivity index is 1.67. The molecule has 0 amide bonds. The van der Waals surface area contributed by atoms with Crippen molar-refractivity contribution in [2.75, 3.05) is 14.2 Å². The Morgan fingerprint density at radius 1 is 1.13 bits per heavy atom. The van der Waals surface area contributed by atoms with Gasteiger partial charge in [0.05, 0.1) is 24.7 Å². The average Bonchev–Trinajstić information content (AvgIpc) is 3.54. The SMILES string of the molecule is CCn1c(S/C(=C\c2ccc(-c3ccc(C)cc3[N+](=O)[O-])o2)C(=O)O)nnc1-c1cc(OC)cc(OC)c1. The number of carboxylic acid groups (broad SMARTS) is 1.